The molecular formula is C13H23N. The third-order valence-electron chi connectivity index (χ3n) is 3.03. The summed E-state index contributed by atoms with van der Waals surface area (Å²) in [4.78, 5) is 0. The Morgan fingerprint density at radius 3 is 2.79 bits per heavy atom. The summed E-state index contributed by atoms with van der Waals surface area (Å²) in [6.07, 6.45) is 13.0. The van der Waals surface area contributed by atoms with Gasteiger partial charge in [0.2, 0.25) is 0 Å². The molecule has 1 rings (SSSR count). The molecule has 2 atom stereocenters. The van der Waals surface area contributed by atoms with E-state index in [1.54, 1.807) is 0 Å². The monoisotopic (exact) mass is 193 g/mol. The molecule has 0 amide bonds. The maximum atomic E-state index is 5.81. The molecule has 0 aromatic carbocycles. The molecule has 1 aliphatic carbocycles. The van der Waals surface area contributed by atoms with E-state index in [9.17, 15) is 0 Å². The highest BCUT2D eigenvalue weighted by Crippen LogP contribution is 2.25. The first-order valence-corrected chi connectivity index (χ1v) is 5.91. The van der Waals surface area contributed by atoms with Gasteiger partial charge in [0, 0.05) is 6.04 Å². The Hall–Kier alpha value is -0.560. The summed E-state index contributed by atoms with van der Waals surface area (Å²) < 4.78 is 0. The van der Waals surface area contributed by atoms with Crippen molar-refractivity contribution in [3.8, 4) is 0 Å². The summed E-state index contributed by atoms with van der Waals surface area (Å²) in [7, 11) is 0. The number of allylic oxidation sites excluding steroid dienone is 2. The average molecular weight is 193 g/mol. The lowest BCUT2D eigenvalue weighted by molar-refractivity contribution is 0.519. The fourth-order valence-electron chi connectivity index (χ4n) is 2.01. The molecule has 0 aliphatic heterocycles. The van der Waals surface area contributed by atoms with E-state index in [1.165, 1.54) is 31.3 Å². The fraction of sp³-hybridized carbons (Fsp3) is 0.692. The van der Waals surface area contributed by atoms with Gasteiger partial charge in [-0.05, 0) is 30.8 Å². The summed E-state index contributed by atoms with van der Waals surface area (Å²) in [6, 6.07) is 0.252. The standard InChI is InChI=1S/C13H23N/c1-3-5-6-11(4-2)12-7-9-13(14)10-8-12/h7-9,11,13H,3-6,10,14H2,1-2H3/t11?,13-/m0/s1. The van der Waals surface area contributed by atoms with Crippen LogP contribution in [0.1, 0.15) is 46.0 Å². The van der Waals surface area contributed by atoms with Crippen LogP contribution in [-0.2, 0) is 0 Å². The van der Waals surface area contributed by atoms with E-state index in [-0.39, 0.29) is 6.04 Å². The van der Waals surface area contributed by atoms with Crippen LogP contribution in [0, 0.1) is 5.92 Å². The summed E-state index contributed by atoms with van der Waals surface area (Å²) in [5.74, 6) is 0.763. The van der Waals surface area contributed by atoms with Gasteiger partial charge in [0.05, 0.1) is 0 Å². The first-order valence-electron chi connectivity index (χ1n) is 5.91. The molecule has 1 unspecified atom stereocenters. The lowest BCUT2D eigenvalue weighted by Crippen LogP contribution is -2.19. The fourth-order valence-corrected chi connectivity index (χ4v) is 2.01. The zero-order valence-electron chi connectivity index (χ0n) is 9.50. The van der Waals surface area contributed by atoms with Crippen molar-refractivity contribution in [2.24, 2.45) is 11.7 Å². The molecule has 80 valence electrons. The first kappa shape index (κ1) is 11.5. The summed E-state index contributed by atoms with van der Waals surface area (Å²) in [5, 5.41) is 0. The van der Waals surface area contributed by atoms with E-state index in [0.29, 0.717) is 0 Å². The highest BCUT2D eigenvalue weighted by Gasteiger charge is 2.12. The van der Waals surface area contributed by atoms with Crippen LogP contribution in [-0.4, -0.2) is 6.04 Å². The van der Waals surface area contributed by atoms with E-state index in [4.69, 9.17) is 5.73 Å². The molecular weight excluding hydrogens is 170 g/mol. The largest absolute Gasteiger partial charge is 0.324 e. The van der Waals surface area contributed by atoms with Gasteiger partial charge in [-0.25, -0.2) is 0 Å². The zero-order chi connectivity index (χ0) is 10.4. The lowest BCUT2D eigenvalue weighted by Gasteiger charge is -2.20. The SMILES string of the molecule is CCCCC(CC)C1=CC[C@@H](N)C=C1. The highest BCUT2D eigenvalue weighted by atomic mass is 14.6. The third kappa shape index (κ3) is 3.30. The minimum Gasteiger partial charge on any atom is -0.324 e. The van der Waals surface area contributed by atoms with Gasteiger partial charge in [-0.15, -0.1) is 0 Å². The Kier molecular flexibility index (Phi) is 4.95. The number of unbranched alkanes of at least 4 members (excludes halogenated alkanes) is 1. The maximum Gasteiger partial charge on any atom is 0.0262 e. The van der Waals surface area contributed by atoms with Crippen molar-refractivity contribution in [2.75, 3.05) is 0 Å². The molecule has 0 fully saturated rings. The van der Waals surface area contributed by atoms with Crippen LogP contribution in [0.5, 0.6) is 0 Å². The Bertz CT molecular complexity index is 215. The van der Waals surface area contributed by atoms with Gasteiger partial charge in [0.15, 0.2) is 0 Å². The van der Waals surface area contributed by atoms with Crippen molar-refractivity contribution in [1.82, 2.24) is 0 Å². The van der Waals surface area contributed by atoms with Crippen LogP contribution in [0.25, 0.3) is 0 Å². The molecule has 0 radical (unpaired) electrons. The van der Waals surface area contributed by atoms with Crippen molar-refractivity contribution in [3.05, 3.63) is 23.8 Å². The average Bonchev–Trinajstić information content (AvgIpc) is 2.21. The molecule has 14 heavy (non-hydrogen) atoms. The second-order valence-corrected chi connectivity index (χ2v) is 4.21. The molecule has 1 aliphatic rings. The second kappa shape index (κ2) is 6.02. The first-order chi connectivity index (χ1) is 6.77. The third-order valence-corrected chi connectivity index (χ3v) is 3.03. The van der Waals surface area contributed by atoms with Crippen molar-refractivity contribution in [1.29, 1.82) is 0 Å². The van der Waals surface area contributed by atoms with Crippen LogP contribution >= 0.6 is 0 Å². The van der Waals surface area contributed by atoms with Gasteiger partial charge in [-0.2, -0.15) is 0 Å². The summed E-state index contributed by atoms with van der Waals surface area (Å²) >= 11 is 0. The van der Waals surface area contributed by atoms with Crippen molar-refractivity contribution in [3.63, 3.8) is 0 Å². The Morgan fingerprint density at radius 2 is 2.29 bits per heavy atom. The summed E-state index contributed by atoms with van der Waals surface area (Å²) in [5.41, 5.74) is 7.32. The number of hydrogen-bond acceptors (Lipinski definition) is 1. The molecule has 1 heteroatoms. The van der Waals surface area contributed by atoms with Crippen molar-refractivity contribution < 1.29 is 0 Å². The minimum atomic E-state index is 0.252. The maximum absolute atomic E-state index is 5.81. The Morgan fingerprint density at radius 1 is 1.50 bits per heavy atom. The molecule has 0 aromatic rings. The Labute approximate surface area is 88.1 Å². The van der Waals surface area contributed by atoms with Gasteiger partial charge < -0.3 is 5.73 Å². The van der Waals surface area contributed by atoms with E-state index in [2.05, 4.69) is 32.1 Å². The molecule has 1 nitrogen and oxygen atoms in total. The number of hydrogen-bond donors (Lipinski definition) is 1. The van der Waals surface area contributed by atoms with E-state index in [1.807, 2.05) is 0 Å². The normalized spacial score (nSPS) is 23.4. The zero-order valence-corrected chi connectivity index (χ0v) is 9.50. The van der Waals surface area contributed by atoms with Crippen molar-refractivity contribution >= 4 is 0 Å². The van der Waals surface area contributed by atoms with E-state index >= 15 is 0 Å². The molecule has 0 saturated heterocycles. The van der Waals surface area contributed by atoms with Crippen LogP contribution in [0.3, 0.4) is 0 Å². The van der Waals surface area contributed by atoms with E-state index < -0.39 is 0 Å². The van der Waals surface area contributed by atoms with Gasteiger partial charge in [0.1, 0.15) is 0 Å². The van der Waals surface area contributed by atoms with Gasteiger partial charge >= 0.3 is 0 Å². The van der Waals surface area contributed by atoms with Crippen LogP contribution < -0.4 is 5.73 Å². The molecule has 2 N–H and O–H groups in total. The smallest absolute Gasteiger partial charge is 0.0262 e. The minimum absolute atomic E-state index is 0.252. The molecule has 0 aromatic heterocycles. The quantitative estimate of drug-likeness (QED) is 0.711. The highest BCUT2D eigenvalue weighted by molar-refractivity contribution is 5.27. The van der Waals surface area contributed by atoms with Crippen LogP contribution in [0.4, 0.5) is 0 Å². The van der Waals surface area contributed by atoms with Gasteiger partial charge in [-0.3, -0.25) is 0 Å². The van der Waals surface area contributed by atoms with Crippen LogP contribution in [0.2, 0.25) is 0 Å². The predicted octanol–water partition coefficient (Wildman–Crippen LogP) is 3.42. The molecule has 0 heterocycles. The number of nitrogens with two attached hydrogens (primary N) is 1. The van der Waals surface area contributed by atoms with Crippen LogP contribution in [0.15, 0.2) is 23.8 Å². The Balaban J connectivity index is 2.48. The predicted molar refractivity (Wildman–Crippen MR) is 63.1 cm³/mol. The van der Waals surface area contributed by atoms with Gasteiger partial charge in [0.25, 0.3) is 0 Å². The van der Waals surface area contributed by atoms with Gasteiger partial charge in [-0.1, -0.05) is 44.9 Å². The molecule has 0 spiro atoms. The summed E-state index contributed by atoms with van der Waals surface area (Å²) in [6.45, 7) is 4.54. The number of rotatable bonds is 5. The van der Waals surface area contributed by atoms with Crippen molar-refractivity contribution in [2.45, 2.75) is 52.0 Å². The van der Waals surface area contributed by atoms with E-state index in [0.717, 1.165) is 12.3 Å². The molecule has 0 bridgehead atoms. The molecule has 0 saturated carbocycles. The lowest BCUT2D eigenvalue weighted by atomic mass is 9.87. The second-order valence-electron chi connectivity index (χ2n) is 4.21. The topological polar surface area (TPSA) is 26.0 Å².